The van der Waals surface area contributed by atoms with Crippen LogP contribution in [0.1, 0.15) is 24.3 Å². The van der Waals surface area contributed by atoms with Crippen LogP contribution in [0.25, 0.3) is 0 Å². The Morgan fingerprint density at radius 2 is 2.00 bits per heavy atom. The third kappa shape index (κ3) is 3.46. The maximum Gasteiger partial charge on any atom is 0.0931 e. The second-order valence-electron chi connectivity index (χ2n) is 4.56. The van der Waals surface area contributed by atoms with E-state index in [1.54, 1.807) is 13.1 Å². The van der Waals surface area contributed by atoms with E-state index < -0.39 is 6.10 Å². The summed E-state index contributed by atoms with van der Waals surface area (Å²) in [5, 5.41) is 10.2. The summed E-state index contributed by atoms with van der Waals surface area (Å²) in [5.74, 6) is 0. The molecule has 1 aromatic carbocycles. The van der Waals surface area contributed by atoms with Crippen molar-refractivity contribution in [3.8, 4) is 0 Å². The van der Waals surface area contributed by atoms with Gasteiger partial charge >= 0.3 is 0 Å². The number of aliphatic hydroxyl groups excluding tert-OH is 1. The van der Waals surface area contributed by atoms with Crippen molar-refractivity contribution in [2.45, 2.75) is 19.6 Å². The molecule has 2 aromatic rings. The Labute approximate surface area is 118 Å². The van der Waals surface area contributed by atoms with E-state index in [9.17, 15) is 5.11 Å². The maximum atomic E-state index is 9.43. The van der Waals surface area contributed by atoms with Gasteiger partial charge in [-0.25, -0.2) is 0 Å². The topological polar surface area (TPSA) is 36.4 Å². The fraction of sp³-hybridized carbons (Fsp3) is 0.267. The van der Waals surface area contributed by atoms with E-state index in [-0.39, 0.29) is 0 Å². The normalized spacial score (nSPS) is 12.2. The summed E-state index contributed by atoms with van der Waals surface area (Å²) in [6.45, 7) is 2.42. The summed E-state index contributed by atoms with van der Waals surface area (Å²) < 4.78 is 0. The van der Waals surface area contributed by atoms with Gasteiger partial charge in [0.25, 0.3) is 0 Å². The molecule has 0 radical (unpaired) electrons. The van der Waals surface area contributed by atoms with Gasteiger partial charge in [-0.3, -0.25) is 4.98 Å². The van der Waals surface area contributed by atoms with Gasteiger partial charge in [0.05, 0.1) is 23.7 Å². The number of hydrogen-bond donors (Lipinski definition) is 1. The van der Waals surface area contributed by atoms with E-state index in [4.69, 9.17) is 11.6 Å². The molecule has 0 aliphatic carbocycles. The van der Waals surface area contributed by atoms with E-state index in [2.05, 4.69) is 9.88 Å². The van der Waals surface area contributed by atoms with Crippen molar-refractivity contribution in [3.05, 3.63) is 58.9 Å². The molecular weight excluding hydrogens is 260 g/mol. The Bertz CT molecular complexity index is 540. The van der Waals surface area contributed by atoms with Crippen molar-refractivity contribution < 1.29 is 5.11 Å². The van der Waals surface area contributed by atoms with Gasteiger partial charge in [0.1, 0.15) is 0 Å². The largest absolute Gasteiger partial charge is 0.387 e. The highest BCUT2D eigenvalue weighted by molar-refractivity contribution is 6.31. The molecule has 0 saturated carbocycles. The van der Waals surface area contributed by atoms with Crippen LogP contribution in [-0.4, -0.2) is 17.1 Å². The highest BCUT2D eigenvalue weighted by Gasteiger charge is 2.07. The average Bonchev–Trinajstić information content (AvgIpc) is 2.41. The zero-order valence-electron chi connectivity index (χ0n) is 11.0. The predicted octanol–water partition coefficient (Wildman–Crippen LogP) is 3.42. The molecule has 0 aliphatic heterocycles. The fourth-order valence-corrected chi connectivity index (χ4v) is 2.04. The molecule has 1 aromatic heterocycles. The lowest BCUT2D eigenvalue weighted by Crippen LogP contribution is -2.17. The number of anilines is 1. The zero-order chi connectivity index (χ0) is 13.8. The van der Waals surface area contributed by atoms with Gasteiger partial charge in [0, 0.05) is 18.6 Å². The first-order valence-electron chi connectivity index (χ1n) is 6.16. The molecule has 1 N–H and O–H groups in total. The first-order chi connectivity index (χ1) is 9.08. The van der Waals surface area contributed by atoms with Crippen molar-refractivity contribution >= 4 is 17.3 Å². The third-order valence-electron chi connectivity index (χ3n) is 3.00. The monoisotopic (exact) mass is 276 g/mol. The molecular formula is C15H17ClN2O. The number of benzene rings is 1. The highest BCUT2D eigenvalue weighted by Crippen LogP contribution is 2.21. The van der Waals surface area contributed by atoms with Gasteiger partial charge in [0.15, 0.2) is 0 Å². The molecule has 0 saturated heterocycles. The smallest absolute Gasteiger partial charge is 0.0931 e. The van der Waals surface area contributed by atoms with Crippen LogP contribution in [0.2, 0.25) is 5.02 Å². The third-order valence-corrected chi connectivity index (χ3v) is 3.37. The molecule has 1 atom stereocenters. The molecule has 4 heteroatoms. The molecule has 2 rings (SSSR count). The molecule has 1 heterocycles. The maximum absolute atomic E-state index is 9.43. The number of nitrogens with zero attached hydrogens (tertiary/aromatic N) is 2. The van der Waals surface area contributed by atoms with Gasteiger partial charge in [-0.1, -0.05) is 29.8 Å². The second-order valence-corrected chi connectivity index (χ2v) is 4.97. The summed E-state index contributed by atoms with van der Waals surface area (Å²) in [5.41, 5.74) is 2.74. The first-order valence-corrected chi connectivity index (χ1v) is 6.54. The molecule has 3 nitrogen and oxygen atoms in total. The predicted molar refractivity (Wildman–Crippen MR) is 78.4 cm³/mol. The lowest BCUT2D eigenvalue weighted by atomic mass is 10.2. The minimum absolute atomic E-state index is 0.539. The van der Waals surface area contributed by atoms with Crippen LogP contribution >= 0.6 is 11.6 Å². The van der Waals surface area contributed by atoms with Crippen molar-refractivity contribution in [2.75, 3.05) is 11.9 Å². The van der Waals surface area contributed by atoms with Crippen LogP contribution in [0.5, 0.6) is 0 Å². The van der Waals surface area contributed by atoms with Crippen molar-refractivity contribution in [2.24, 2.45) is 0 Å². The summed E-state index contributed by atoms with van der Waals surface area (Å²) in [4.78, 5) is 6.31. The Kier molecular flexibility index (Phi) is 4.40. The quantitative estimate of drug-likeness (QED) is 0.929. The van der Waals surface area contributed by atoms with Gasteiger partial charge in [0.2, 0.25) is 0 Å². The Balaban J connectivity index is 2.12. The zero-order valence-corrected chi connectivity index (χ0v) is 11.8. The molecule has 0 bridgehead atoms. The van der Waals surface area contributed by atoms with E-state index in [1.807, 2.05) is 43.4 Å². The minimum Gasteiger partial charge on any atom is -0.387 e. The van der Waals surface area contributed by atoms with Crippen molar-refractivity contribution in [1.82, 2.24) is 4.98 Å². The van der Waals surface area contributed by atoms with Crippen LogP contribution < -0.4 is 4.90 Å². The Morgan fingerprint density at radius 1 is 1.26 bits per heavy atom. The first kappa shape index (κ1) is 13.8. The van der Waals surface area contributed by atoms with Crippen molar-refractivity contribution in [1.29, 1.82) is 0 Å². The van der Waals surface area contributed by atoms with Crippen LogP contribution in [0.15, 0.2) is 42.6 Å². The van der Waals surface area contributed by atoms with Gasteiger partial charge in [-0.05, 0) is 30.7 Å². The summed E-state index contributed by atoms with van der Waals surface area (Å²) in [7, 11) is 1.99. The molecule has 0 aliphatic rings. The van der Waals surface area contributed by atoms with E-state index in [0.717, 1.165) is 22.8 Å². The van der Waals surface area contributed by atoms with Gasteiger partial charge < -0.3 is 10.0 Å². The summed E-state index contributed by atoms with van der Waals surface area (Å²) in [6.07, 6.45) is 1.22. The van der Waals surface area contributed by atoms with Crippen LogP contribution in [-0.2, 0) is 6.54 Å². The minimum atomic E-state index is -0.539. The van der Waals surface area contributed by atoms with E-state index in [1.165, 1.54) is 0 Å². The molecule has 0 fully saturated rings. The highest BCUT2D eigenvalue weighted by atomic mass is 35.5. The van der Waals surface area contributed by atoms with E-state index >= 15 is 0 Å². The summed E-state index contributed by atoms with van der Waals surface area (Å²) in [6, 6.07) is 11.6. The molecule has 0 unspecified atom stereocenters. The number of aromatic nitrogens is 1. The molecule has 100 valence electrons. The fourth-order valence-electron chi connectivity index (χ4n) is 1.84. The number of hydrogen-bond acceptors (Lipinski definition) is 3. The van der Waals surface area contributed by atoms with Crippen LogP contribution in [0.3, 0.4) is 0 Å². The Morgan fingerprint density at radius 3 is 2.58 bits per heavy atom. The number of rotatable bonds is 4. The average molecular weight is 277 g/mol. The van der Waals surface area contributed by atoms with Crippen LogP contribution in [0.4, 0.5) is 5.69 Å². The number of aliphatic hydroxyl groups is 1. The second kappa shape index (κ2) is 6.04. The van der Waals surface area contributed by atoms with Gasteiger partial charge in [-0.2, -0.15) is 0 Å². The van der Waals surface area contributed by atoms with Crippen molar-refractivity contribution in [3.63, 3.8) is 0 Å². The molecule has 0 spiro atoms. The van der Waals surface area contributed by atoms with Gasteiger partial charge in [-0.15, -0.1) is 0 Å². The number of pyridine rings is 1. The molecule has 19 heavy (non-hydrogen) atoms. The molecule has 0 amide bonds. The number of halogens is 1. The summed E-state index contributed by atoms with van der Waals surface area (Å²) >= 11 is 6.15. The van der Waals surface area contributed by atoms with E-state index in [0.29, 0.717) is 5.69 Å². The SMILES string of the molecule is C[C@@H](O)c1ccc(N(C)Cc2ccccc2Cl)cn1. The lowest BCUT2D eigenvalue weighted by molar-refractivity contribution is 0.194. The lowest BCUT2D eigenvalue weighted by Gasteiger charge is -2.20. The Hall–Kier alpha value is -1.58. The standard InChI is InChI=1S/C15H17ClN2O/c1-11(19)15-8-7-13(9-17-15)18(2)10-12-5-3-4-6-14(12)16/h3-9,11,19H,10H2,1-2H3/t11-/m1/s1. The van der Waals surface area contributed by atoms with Crippen LogP contribution in [0, 0.1) is 0 Å².